The Hall–Kier alpha value is -5.56. The summed E-state index contributed by atoms with van der Waals surface area (Å²) in [5.41, 5.74) is 8.54. The summed E-state index contributed by atoms with van der Waals surface area (Å²) in [6.07, 6.45) is 2.85. The molecule has 3 heterocycles. The summed E-state index contributed by atoms with van der Waals surface area (Å²) in [6, 6.07) is 13.0. The van der Waals surface area contributed by atoms with Crippen molar-refractivity contribution in [2.24, 2.45) is 5.73 Å². The fourth-order valence-corrected chi connectivity index (χ4v) is 10.3. The molecule has 5 amide bonds. The number of hydrogen-bond acceptors (Lipinski definition) is 14. The Morgan fingerprint density at radius 1 is 0.722 bits per heavy atom. The van der Waals surface area contributed by atoms with Crippen LogP contribution in [0.15, 0.2) is 60.0 Å². The lowest BCUT2D eigenvalue weighted by molar-refractivity contribution is -0.144. The van der Waals surface area contributed by atoms with Gasteiger partial charge < -0.3 is 64.4 Å². The Kier molecular flexibility index (Phi) is 23.9. The molecule has 18 nitrogen and oxygen atoms in total. The molecule has 1 saturated heterocycles. The molecular formula is C55H68Cl2F3N7O11S. The van der Waals surface area contributed by atoms with E-state index in [1.54, 1.807) is 25.1 Å². The highest BCUT2D eigenvalue weighted by atomic mass is 35.5. The van der Waals surface area contributed by atoms with Crippen molar-refractivity contribution < 1.29 is 65.6 Å². The van der Waals surface area contributed by atoms with E-state index in [1.807, 2.05) is 28.5 Å². The summed E-state index contributed by atoms with van der Waals surface area (Å²) in [7, 11) is 0. The normalized spacial score (nSPS) is 15.9. The monoisotopic (exact) mass is 1160 g/mol. The zero-order valence-corrected chi connectivity index (χ0v) is 46.5. The van der Waals surface area contributed by atoms with Gasteiger partial charge in [-0.3, -0.25) is 24.0 Å². The van der Waals surface area contributed by atoms with Crippen LogP contribution in [0.4, 0.5) is 24.5 Å². The van der Waals surface area contributed by atoms with Crippen LogP contribution < -0.4 is 30.9 Å². The van der Waals surface area contributed by atoms with Gasteiger partial charge in [-0.25, -0.2) is 13.2 Å². The van der Waals surface area contributed by atoms with Crippen molar-refractivity contribution in [1.29, 1.82) is 0 Å². The van der Waals surface area contributed by atoms with E-state index in [0.717, 1.165) is 17.9 Å². The number of fused-ring (bicyclic) bond motifs is 1. The van der Waals surface area contributed by atoms with E-state index in [9.17, 15) is 37.1 Å². The first kappa shape index (κ1) is 61.1. The number of benzene rings is 3. The van der Waals surface area contributed by atoms with Gasteiger partial charge in [0.2, 0.25) is 23.6 Å². The number of hydrogen-bond donors (Lipinski definition) is 3. The molecule has 1 unspecified atom stereocenters. The number of ether oxygens (including phenoxy) is 6. The summed E-state index contributed by atoms with van der Waals surface area (Å²) >= 11 is 14.6. The SMILES string of the molecule is CC1C(=O)N(CC(=O)NCCOCCOCCOCCOCCOCCNC(=O)CCc2cc(Cl)c(Oc3ccsc3C(=O)N3CCN(C4CC4)c4ccccc43)cc2Cl)CCCN1C(=O)C[C@H](N)Cc1cc(F)c(F)cc1F. The first-order chi connectivity index (χ1) is 38.2. The number of nitrogens with two attached hydrogens (primary N) is 1. The van der Waals surface area contributed by atoms with Gasteiger partial charge in [0.25, 0.3) is 5.91 Å². The highest BCUT2D eigenvalue weighted by molar-refractivity contribution is 7.12. The zero-order chi connectivity index (χ0) is 56.3. The number of amides is 5. The second kappa shape index (κ2) is 30.9. The lowest BCUT2D eigenvalue weighted by Crippen LogP contribution is -2.50. The molecule has 24 heteroatoms. The van der Waals surface area contributed by atoms with Gasteiger partial charge >= 0.3 is 0 Å². The predicted octanol–water partition coefficient (Wildman–Crippen LogP) is 6.55. The van der Waals surface area contributed by atoms with Gasteiger partial charge in [0.1, 0.15) is 22.5 Å². The van der Waals surface area contributed by atoms with Crippen LogP contribution in [-0.2, 0) is 55.7 Å². The average molecular weight is 1160 g/mol. The lowest BCUT2D eigenvalue weighted by atomic mass is 10.0. The molecule has 4 N–H and O–H groups in total. The topological polar surface area (TPSA) is 204 Å². The molecule has 3 aliphatic rings. The Balaban J connectivity index is 0.648. The van der Waals surface area contributed by atoms with E-state index >= 15 is 0 Å². The predicted molar refractivity (Wildman–Crippen MR) is 293 cm³/mol. The minimum absolute atomic E-state index is 0.137. The average Bonchev–Trinajstić information content (AvgIpc) is 4.21. The van der Waals surface area contributed by atoms with E-state index in [2.05, 4.69) is 21.6 Å². The van der Waals surface area contributed by atoms with E-state index in [0.29, 0.717) is 136 Å². The van der Waals surface area contributed by atoms with Gasteiger partial charge in [-0.05, 0) is 85.9 Å². The molecule has 4 aromatic rings. The summed E-state index contributed by atoms with van der Waals surface area (Å²) in [6.45, 7) is 7.02. The molecule has 0 radical (unpaired) electrons. The number of carbonyl (C=O) groups excluding carboxylic acids is 5. The minimum atomic E-state index is -1.32. The molecule has 2 aliphatic heterocycles. The molecule has 0 spiro atoms. The van der Waals surface area contributed by atoms with Crippen LogP contribution in [0.5, 0.6) is 11.5 Å². The third-order valence-corrected chi connectivity index (χ3v) is 14.8. The number of carbonyl (C=O) groups is 5. The summed E-state index contributed by atoms with van der Waals surface area (Å²) in [5.74, 6) is -4.35. The summed E-state index contributed by atoms with van der Waals surface area (Å²) in [4.78, 5) is 72.8. The number of aryl methyl sites for hydroxylation is 1. The molecule has 1 aliphatic carbocycles. The maximum Gasteiger partial charge on any atom is 0.272 e. The number of halogens is 5. The molecule has 1 saturated carbocycles. The van der Waals surface area contributed by atoms with E-state index in [1.165, 1.54) is 34.0 Å². The van der Waals surface area contributed by atoms with Crippen molar-refractivity contribution in [2.45, 2.75) is 70.0 Å². The largest absolute Gasteiger partial charge is 0.454 e. The van der Waals surface area contributed by atoms with E-state index < -0.39 is 41.3 Å². The van der Waals surface area contributed by atoms with E-state index in [4.69, 9.17) is 57.4 Å². The number of thiophene rings is 1. The molecule has 1 aromatic heterocycles. The fourth-order valence-electron chi connectivity index (χ4n) is 9.09. The number of anilines is 2. The van der Waals surface area contributed by atoms with Crippen LogP contribution in [0.3, 0.4) is 0 Å². The van der Waals surface area contributed by atoms with Gasteiger partial charge in [-0.1, -0.05) is 35.3 Å². The Morgan fingerprint density at radius 2 is 1.34 bits per heavy atom. The van der Waals surface area contributed by atoms with Gasteiger partial charge in [-0.2, -0.15) is 0 Å². The van der Waals surface area contributed by atoms with Crippen molar-refractivity contribution in [2.75, 3.05) is 122 Å². The maximum atomic E-state index is 14.1. The lowest BCUT2D eigenvalue weighted by Gasteiger charge is -2.37. The molecule has 2 atom stereocenters. The van der Waals surface area contributed by atoms with Crippen molar-refractivity contribution >= 4 is 75.4 Å². The van der Waals surface area contributed by atoms with Gasteiger partial charge in [0.05, 0.1) is 89.0 Å². The quantitative estimate of drug-likeness (QED) is 0.0362. The molecule has 7 rings (SSSR count). The second-order valence-corrected chi connectivity index (χ2v) is 20.9. The first-order valence-corrected chi connectivity index (χ1v) is 28.1. The van der Waals surface area contributed by atoms with Crippen molar-refractivity contribution in [3.05, 3.63) is 103 Å². The highest BCUT2D eigenvalue weighted by Crippen LogP contribution is 2.42. The van der Waals surface area contributed by atoms with Gasteiger partial charge in [0.15, 0.2) is 17.4 Å². The Labute approximate surface area is 471 Å². The second-order valence-electron chi connectivity index (χ2n) is 19.1. The molecule has 3 aromatic carbocycles. The molecule has 79 heavy (non-hydrogen) atoms. The number of para-hydroxylation sites is 2. The number of nitrogens with one attached hydrogen (secondary N) is 2. The van der Waals surface area contributed by atoms with Crippen LogP contribution >= 0.6 is 34.5 Å². The first-order valence-electron chi connectivity index (χ1n) is 26.5. The smallest absolute Gasteiger partial charge is 0.272 e. The minimum Gasteiger partial charge on any atom is -0.454 e. The van der Waals surface area contributed by atoms with Gasteiger partial charge in [-0.15, -0.1) is 11.3 Å². The Bertz CT molecular complexity index is 2710. The molecule has 0 bridgehead atoms. The van der Waals surface area contributed by atoms with Crippen LogP contribution in [0.2, 0.25) is 10.0 Å². The molecule has 430 valence electrons. The molecule has 2 fully saturated rings. The molecular weight excluding hydrogens is 1090 g/mol. The number of nitrogens with zero attached hydrogens (tertiary/aromatic N) is 4. The fraction of sp³-hybridized carbons (Fsp3) is 0.509. The standard InChI is InChI=1S/C55H68Cl2F3N7O11S/c1-36-54(71)64(14-4-15-65(36)52(70)32-39(61)29-38-31-44(59)45(60)34-43(38)58)35-51(69)63-13-19-74-21-23-76-25-27-77-26-24-75-22-20-73-18-12-62-50(68)10-7-37-30-42(57)49(33-41(37)56)78-48-11-28-79-53(48)55(72)67-17-16-66(40-8-9-40)46-5-2-3-6-47(46)67/h2-3,5-6,11,28,30-31,33-34,36,39-40H,4,7-10,12-27,29,32,35,61H2,1H3,(H,62,68)(H,63,69)/t36?,39-/m1/s1. The zero-order valence-electron chi connectivity index (χ0n) is 44.1. The highest BCUT2D eigenvalue weighted by Gasteiger charge is 2.37. The van der Waals surface area contributed by atoms with Crippen molar-refractivity contribution in [3.8, 4) is 11.5 Å². The van der Waals surface area contributed by atoms with Crippen LogP contribution in [-0.4, -0.2) is 169 Å². The summed E-state index contributed by atoms with van der Waals surface area (Å²) in [5, 5.41) is 8.07. The third-order valence-electron chi connectivity index (χ3n) is 13.3. The van der Waals surface area contributed by atoms with Crippen molar-refractivity contribution in [1.82, 2.24) is 20.4 Å². The van der Waals surface area contributed by atoms with Crippen LogP contribution in [0.25, 0.3) is 0 Å². The summed E-state index contributed by atoms with van der Waals surface area (Å²) < 4.78 is 74.9. The maximum absolute atomic E-state index is 14.1. The van der Waals surface area contributed by atoms with Crippen LogP contribution in [0, 0.1) is 17.5 Å². The van der Waals surface area contributed by atoms with E-state index in [-0.39, 0.29) is 75.3 Å². The third kappa shape index (κ3) is 18.2. The van der Waals surface area contributed by atoms with Crippen molar-refractivity contribution in [3.63, 3.8) is 0 Å². The number of rotatable bonds is 31. The van der Waals surface area contributed by atoms with Gasteiger partial charge in [0, 0.05) is 81.3 Å². The Morgan fingerprint density at radius 3 is 2.00 bits per heavy atom. The van der Waals surface area contributed by atoms with Crippen LogP contribution in [0.1, 0.15) is 59.8 Å².